The number of methoxy groups -OCH3 is 1. The van der Waals surface area contributed by atoms with Crippen molar-refractivity contribution in [3.63, 3.8) is 0 Å². The normalized spacial score (nSPS) is 21.3. The maximum atomic E-state index is 11.9. The van der Waals surface area contributed by atoms with Gasteiger partial charge in [-0.3, -0.25) is 9.69 Å². The first-order chi connectivity index (χ1) is 8.69. The van der Waals surface area contributed by atoms with E-state index < -0.39 is 0 Å². The topological polar surface area (TPSA) is 62.2 Å². The minimum atomic E-state index is 0.0159. The monoisotopic (exact) mass is 260 g/mol. The van der Waals surface area contributed by atoms with Crippen LogP contribution in [0.1, 0.15) is 6.42 Å². The molecule has 0 bridgehead atoms. The Morgan fingerprint density at radius 1 is 1.39 bits per heavy atom. The SMILES string of the molecule is COCCOCC(=O)N1CCN(C)C(CCO)C1. The van der Waals surface area contributed by atoms with E-state index in [4.69, 9.17) is 14.6 Å². The van der Waals surface area contributed by atoms with Crippen LogP contribution in [0.2, 0.25) is 0 Å². The van der Waals surface area contributed by atoms with Gasteiger partial charge in [-0.2, -0.15) is 0 Å². The molecule has 0 spiro atoms. The summed E-state index contributed by atoms with van der Waals surface area (Å²) in [6.45, 7) is 3.45. The number of piperazine rings is 1. The number of nitrogens with zero attached hydrogens (tertiary/aromatic N) is 2. The molecule has 1 unspecified atom stereocenters. The standard InChI is InChI=1S/C12H24N2O4/c1-13-4-5-14(9-11(13)3-6-15)12(16)10-18-8-7-17-2/h11,15H,3-10H2,1-2H3. The summed E-state index contributed by atoms with van der Waals surface area (Å²) in [5.41, 5.74) is 0. The van der Waals surface area contributed by atoms with Crippen LogP contribution in [-0.4, -0.2) is 87.1 Å². The Morgan fingerprint density at radius 3 is 2.83 bits per heavy atom. The second-order valence-corrected chi connectivity index (χ2v) is 4.53. The number of ether oxygens (including phenoxy) is 2. The van der Waals surface area contributed by atoms with E-state index >= 15 is 0 Å². The van der Waals surface area contributed by atoms with E-state index in [-0.39, 0.29) is 25.2 Å². The Hall–Kier alpha value is -0.690. The van der Waals surface area contributed by atoms with Gasteiger partial charge < -0.3 is 19.5 Å². The van der Waals surface area contributed by atoms with Crippen molar-refractivity contribution in [1.82, 2.24) is 9.80 Å². The molecule has 1 amide bonds. The molecule has 6 heteroatoms. The molecular weight excluding hydrogens is 236 g/mol. The predicted octanol–water partition coefficient (Wildman–Crippen LogP) is -0.826. The molecule has 1 rings (SSSR count). The Bertz CT molecular complexity index is 250. The number of hydrogen-bond acceptors (Lipinski definition) is 5. The molecule has 1 aliphatic heterocycles. The molecule has 6 nitrogen and oxygen atoms in total. The van der Waals surface area contributed by atoms with Crippen LogP contribution in [0.15, 0.2) is 0 Å². The molecule has 0 aromatic carbocycles. The zero-order chi connectivity index (χ0) is 13.4. The summed E-state index contributed by atoms with van der Waals surface area (Å²) >= 11 is 0. The van der Waals surface area contributed by atoms with Crippen molar-refractivity contribution in [2.75, 3.05) is 60.2 Å². The van der Waals surface area contributed by atoms with Gasteiger partial charge in [-0.25, -0.2) is 0 Å². The third kappa shape index (κ3) is 4.89. The molecular formula is C12H24N2O4. The lowest BCUT2D eigenvalue weighted by Crippen LogP contribution is -2.54. The van der Waals surface area contributed by atoms with Gasteiger partial charge in [0.15, 0.2) is 0 Å². The minimum absolute atomic E-state index is 0.0159. The van der Waals surface area contributed by atoms with Crippen molar-refractivity contribution in [2.24, 2.45) is 0 Å². The van der Waals surface area contributed by atoms with Crippen LogP contribution in [0.3, 0.4) is 0 Å². The fourth-order valence-corrected chi connectivity index (χ4v) is 2.03. The van der Waals surface area contributed by atoms with E-state index in [9.17, 15) is 4.79 Å². The third-order valence-electron chi connectivity index (χ3n) is 3.25. The fraction of sp³-hybridized carbons (Fsp3) is 0.917. The predicted molar refractivity (Wildman–Crippen MR) is 67.4 cm³/mol. The Kier molecular flexibility index (Phi) is 7.19. The molecule has 18 heavy (non-hydrogen) atoms. The van der Waals surface area contributed by atoms with Crippen LogP contribution in [0.5, 0.6) is 0 Å². The average molecular weight is 260 g/mol. The summed E-state index contributed by atoms with van der Waals surface area (Å²) < 4.78 is 10.1. The molecule has 0 saturated carbocycles. The summed E-state index contributed by atoms with van der Waals surface area (Å²) in [6.07, 6.45) is 0.699. The van der Waals surface area contributed by atoms with Crippen molar-refractivity contribution < 1.29 is 19.4 Å². The van der Waals surface area contributed by atoms with Crippen molar-refractivity contribution in [1.29, 1.82) is 0 Å². The van der Waals surface area contributed by atoms with Crippen LogP contribution in [0.4, 0.5) is 0 Å². The zero-order valence-corrected chi connectivity index (χ0v) is 11.3. The van der Waals surface area contributed by atoms with Crippen LogP contribution < -0.4 is 0 Å². The Morgan fingerprint density at radius 2 is 2.17 bits per heavy atom. The second kappa shape index (κ2) is 8.42. The number of hydrogen-bond donors (Lipinski definition) is 1. The van der Waals surface area contributed by atoms with Gasteiger partial charge >= 0.3 is 0 Å². The van der Waals surface area contributed by atoms with Gasteiger partial charge in [0, 0.05) is 39.4 Å². The highest BCUT2D eigenvalue weighted by Gasteiger charge is 2.26. The molecule has 1 saturated heterocycles. The smallest absolute Gasteiger partial charge is 0.248 e. The molecule has 0 radical (unpaired) electrons. The van der Waals surface area contributed by atoms with Gasteiger partial charge in [0.25, 0.3) is 0 Å². The van der Waals surface area contributed by atoms with Gasteiger partial charge in [-0.05, 0) is 13.5 Å². The molecule has 1 aliphatic rings. The molecule has 106 valence electrons. The van der Waals surface area contributed by atoms with Gasteiger partial charge in [0.2, 0.25) is 5.91 Å². The largest absolute Gasteiger partial charge is 0.396 e. The average Bonchev–Trinajstić information content (AvgIpc) is 2.37. The summed E-state index contributed by atoms with van der Waals surface area (Å²) in [4.78, 5) is 15.9. The first-order valence-electron chi connectivity index (χ1n) is 6.34. The molecule has 0 aliphatic carbocycles. The van der Waals surface area contributed by atoms with E-state index in [0.717, 1.165) is 13.1 Å². The molecule has 1 atom stereocenters. The maximum absolute atomic E-state index is 11.9. The Balaban J connectivity index is 2.30. The lowest BCUT2D eigenvalue weighted by molar-refractivity contribution is -0.139. The quantitative estimate of drug-likeness (QED) is 0.606. The van der Waals surface area contributed by atoms with E-state index in [1.807, 2.05) is 11.9 Å². The highest BCUT2D eigenvalue weighted by atomic mass is 16.5. The molecule has 0 aromatic heterocycles. The summed E-state index contributed by atoms with van der Waals surface area (Å²) in [6, 6.07) is 0.242. The van der Waals surface area contributed by atoms with Crippen molar-refractivity contribution in [2.45, 2.75) is 12.5 Å². The number of rotatable bonds is 7. The summed E-state index contributed by atoms with van der Waals surface area (Å²) in [5, 5.41) is 8.99. The second-order valence-electron chi connectivity index (χ2n) is 4.53. The third-order valence-corrected chi connectivity index (χ3v) is 3.25. The van der Waals surface area contributed by atoms with E-state index in [0.29, 0.717) is 26.2 Å². The highest BCUT2D eigenvalue weighted by molar-refractivity contribution is 5.77. The van der Waals surface area contributed by atoms with E-state index in [2.05, 4.69) is 4.90 Å². The van der Waals surface area contributed by atoms with Gasteiger partial charge in [0.1, 0.15) is 6.61 Å². The fourth-order valence-electron chi connectivity index (χ4n) is 2.03. The van der Waals surface area contributed by atoms with Crippen molar-refractivity contribution in [3.8, 4) is 0 Å². The number of carbonyl (C=O) groups is 1. The van der Waals surface area contributed by atoms with Crippen LogP contribution in [0, 0.1) is 0 Å². The highest BCUT2D eigenvalue weighted by Crippen LogP contribution is 2.10. The number of amides is 1. The molecule has 1 fully saturated rings. The molecule has 1 heterocycles. The van der Waals surface area contributed by atoms with Crippen molar-refractivity contribution in [3.05, 3.63) is 0 Å². The first kappa shape index (κ1) is 15.4. The first-order valence-corrected chi connectivity index (χ1v) is 6.34. The van der Waals surface area contributed by atoms with Gasteiger partial charge in [0.05, 0.1) is 13.2 Å². The van der Waals surface area contributed by atoms with Crippen LogP contribution >= 0.6 is 0 Å². The minimum Gasteiger partial charge on any atom is -0.396 e. The van der Waals surface area contributed by atoms with E-state index in [1.165, 1.54) is 0 Å². The number of carbonyl (C=O) groups excluding carboxylic acids is 1. The molecule has 0 aromatic rings. The van der Waals surface area contributed by atoms with Gasteiger partial charge in [-0.1, -0.05) is 0 Å². The summed E-state index contributed by atoms with van der Waals surface area (Å²) in [5.74, 6) is 0.0159. The lowest BCUT2D eigenvalue weighted by atomic mass is 10.1. The molecule has 1 N–H and O–H groups in total. The maximum Gasteiger partial charge on any atom is 0.248 e. The van der Waals surface area contributed by atoms with Crippen LogP contribution in [-0.2, 0) is 14.3 Å². The summed E-state index contributed by atoms with van der Waals surface area (Å²) in [7, 11) is 3.63. The lowest BCUT2D eigenvalue weighted by Gasteiger charge is -2.39. The number of likely N-dealkylation sites (N-methyl/N-ethyl adjacent to an activating group) is 1. The van der Waals surface area contributed by atoms with E-state index in [1.54, 1.807) is 7.11 Å². The van der Waals surface area contributed by atoms with Gasteiger partial charge in [-0.15, -0.1) is 0 Å². The zero-order valence-electron chi connectivity index (χ0n) is 11.3. The Labute approximate surface area is 108 Å². The number of aliphatic hydroxyl groups is 1. The van der Waals surface area contributed by atoms with Crippen LogP contribution in [0.25, 0.3) is 0 Å². The number of aliphatic hydroxyl groups excluding tert-OH is 1. The van der Waals surface area contributed by atoms with Crippen molar-refractivity contribution >= 4 is 5.91 Å².